The van der Waals surface area contributed by atoms with E-state index < -0.39 is 0 Å². The lowest BCUT2D eigenvalue weighted by atomic mass is 9.86. The first kappa shape index (κ1) is 22.4. The average Bonchev–Trinajstić information content (AvgIpc) is 3.39. The zero-order valence-electron chi connectivity index (χ0n) is 20.1. The summed E-state index contributed by atoms with van der Waals surface area (Å²) in [7, 11) is 1.66. The van der Waals surface area contributed by atoms with E-state index in [4.69, 9.17) is 4.74 Å². The van der Waals surface area contributed by atoms with Crippen molar-refractivity contribution >= 4 is 17.2 Å². The summed E-state index contributed by atoms with van der Waals surface area (Å²) in [4.78, 5) is 15.5. The maximum atomic E-state index is 12.9. The van der Waals surface area contributed by atoms with Gasteiger partial charge in [-0.1, -0.05) is 35.9 Å². The number of amides is 1. The van der Waals surface area contributed by atoms with Crippen molar-refractivity contribution in [2.75, 3.05) is 32.1 Å². The molecule has 174 valence electrons. The number of hydrogen-bond acceptors (Lipinski definition) is 3. The number of methoxy groups -OCH3 is 1. The molecule has 1 amide bonds. The van der Waals surface area contributed by atoms with Gasteiger partial charge in [0.2, 0.25) is 0 Å². The smallest absolute Gasteiger partial charge is 0.255 e. The molecule has 34 heavy (non-hydrogen) atoms. The second-order valence-corrected chi connectivity index (χ2v) is 9.34. The van der Waals surface area contributed by atoms with Gasteiger partial charge in [0.05, 0.1) is 7.11 Å². The van der Waals surface area contributed by atoms with Gasteiger partial charge in [0.1, 0.15) is 5.75 Å². The van der Waals surface area contributed by atoms with Crippen LogP contribution in [0, 0.1) is 0 Å². The Labute approximate surface area is 202 Å². The molecule has 3 aromatic carbocycles. The van der Waals surface area contributed by atoms with Crippen LogP contribution in [0.3, 0.4) is 0 Å². The molecule has 1 N–H and O–H groups in total. The summed E-state index contributed by atoms with van der Waals surface area (Å²) in [5, 5.41) is 3.09. The van der Waals surface area contributed by atoms with Gasteiger partial charge < -0.3 is 10.1 Å². The highest BCUT2D eigenvalue weighted by molar-refractivity contribution is 6.04. The fraction of sp³-hybridized carbons (Fsp3) is 0.300. The zero-order valence-corrected chi connectivity index (χ0v) is 20.1. The van der Waals surface area contributed by atoms with E-state index in [0.29, 0.717) is 5.56 Å². The highest BCUT2D eigenvalue weighted by atomic mass is 16.5. The lowest BCUT2D eigenvalue weighted by molar-refractivity contribution is 0.102. The third-order valence-electron chi connectivity index (χ3n) is 7.18. The Morgan fingerprint density at radius 3 is 2.26 bits per heavy atom. The van der Waals surface area contributed by atoms with Gasteiger partial charge in [-0.3, -0.25) is 9.69 Å². The van der Waals surface area contributed by atoms with Gasteiger partial charge in [-0.05, 0) is 110 Å². The van der Waals surface area contributed by atoms with Crippen LogP contribution in [0.1, 0.15) is 47.7 Å². The van der Waals surface area contributed by atoms with Gasteiger partial charge in [0, 0.05) is 17.8 Å². The van der Waals surface area contributed by atoms with Gasteiger partial charge in [-0.15, -0.1) is 0 Å². The molecule has 2 aliphatic rings. The van der Waals surface area contributed by atoms with Crippen LogP contribution in [0.5, 0.6) is 5.75 Å². The number of allylic oxidation sites excluding steroid dienone is 1. The van der Waals surface area contributed by atoms with Gasteiger partial charge >= 0.3 is 0 Å². The molecule has 0 bridgehead atoms. The van der Waals surface area contributed by atoms with Crippen LogP contribution in [0.15, 0.2) is 72.3 Å². The second-order valence-electron chi connectivity index (χ2n) is 9.34. The summed E-state index contributed by atoms with van der Waals surface area (Å²) in [6.07, 6.45) is 4.81. The summed E-state index contributed by atoms with van der Waals surface area (Å²) in [5.41, 5.74) is 9.33. The van der Waals surface area contributed by atoms with Crippen LogP contribution in [0.4, 0.5) is 5.69 Å². The summed E-state index contributed by atoms with van der Waals surface area (Å²) in [6.45, 7) is 5.83. The zero-order chi connectivity index (χ0) is 23.5. The molecule has 0 radical (unpaired) electrons. The van der Waals surface area contributed by atoms with Crippen LogP contribution in [-0.4, -0.2) is 37.6 Å². The van der Waals surface area contributed by atoms with Gasteiger partial charge in [0.25, 0.3) is 5.91 Å². The number of carbonyl (C=O) groups is 1. The van der Waals surface area contributed by atoms with Crippen molar-refractivity contribution in [1.29, 1.82) is 0 Å². The Balaban J connectivity index is 1.26. The topological polar surface area (TPSA) is 41.6 Å². The Morgan fingerprint density at radius 2 is 1.59 bits per heavy atom. The van der Waals surface area contributed by atoms with E-state index in [1.807, 2.05) is 54.6 Å². The highest BCUT2D eigenvalue weighted by Gasteiger charge is 2.20. The molecule has 1 saturated heterocycles. The standard InChI is InChI=1S/C30H32N2O2/c1-21-26(20-32-17-3-4-18-32)10-9-25-19-27(13-16-29(21)25)31-30(33)24-7-5-22(6-8-24)23-11-14-28(34-2)15-12-23/h5-8,11-16,19H,3-4,9-10,17-18,20H2,1-2H3,(H,31,33). The summed E-state index contributed by atoms with van der Waals surface area (Å²) < 4.78 is 5.23. The lowest BCUT2D eigenvalue weighted by Crippen LogP contribution is -2.24. The molecule has 1 aliphatic heterocycles. The summed E-state index contributed by atoms with van der Waals surface area (Å²) in [5.74, 6) is 0.748. The Kier molecular flexibility index (Phi) is 6.50. The number of nitrogens with one attached hydrogen (secondary N) is 1. The van der Waals surface area contributed by atoms with E-state index in [2.05, 4.69) is 29.3 Å². The molecule has 0 atom stereocenters. The third-order valence-corrected chi connectivity index (χ3v) is 7.18. The number of hydrogen-bond donors (Lipinski definition) is 1. The Bertz CT molecular complexity index is 1200. The van der Waals surface area contributed by atoms with Crippen molar-refractivity contribution in [2.24, 2.45) is 0 Å². The van der Waals surface area contributed by atoms with E-state index >= 15 is 0 Å². The monoisotopic (exact) mass is 452 g/mol. The van der Waals surface area contributed by atoms with Crippen LogP contribution >= 0.6 is 0 Å². The first-order chi connectivity index (χ1) is 16.6. The quantitative estimate of drug-likeness (QED) is 0.469. The van der Waals surface area contributed by atoms with Crippen molar-refractivity contribution in [3.8, 4) is 16.9 Å². The number of ether oxygens (including phenoxy) is 1. The molecular formula is C30H32N2O2. The lowest BCUT2D eigenvalue weighted by Gasteiger charge is -2.25. The molecule has 1 fully saturated rings. The minimum Gasteiger partial charge on any atom is -0.497 e. The van der Waals surface area contributed by atoms with Crippen molar-refractivity contribution in [3.63, 3.8) is 0 Å². The fourth-order valence-corrected chi connectivity index (χ4v) is 5.12. The normalized spacial score (nSPS) is 15.8. The molecule has 0 unspecified atom stereocenters. The van der Waals surface area contributed by atoms with E-state index in [1.54, 1.807) is 12.7 Å². The molecule has 0 aromatic heterocycles. The van der Waals surface area contributed by atoms with Crippen LogP contribution in [0.2, 0.25) is 0 Å². The molecule has 3 aromatic rings. The number of aryl methyl sites for hydroxylation is 1. The number of carbonyl (C=O) groups excluding carboxylic acids is 1. The number of anilines is 1. The first-order valence-electron chi connectivity index (χ1n) is 12.2. The maximum Gasteiger partial charge on any atom is 0.255 e. The predicted molar refractivity (Wildman–Crippen MR) is 139 cm³/mol. The van der Waals surface area contributed by atoms with E-state index in [1.165, 1.54) is 42.6 Å². The molecule has 1 aliphatic carbocycles. The number of fused-ring (bicyclic) bond motifs is 1. The molecular weight excluding hydrogens is 420 g/mol. The Hall–Kier alpha value is -3.37. The van der Waals surface area contributed by atoms with E-state index in [-0.39, 0.29) is 5.91 Å². The third kappa shape index (κ3) is 4.78. The highest BCUT2D eigenvalue weighted by Crippen LogP contribution is 2.33. The van der Waals surface area contributed by atoms with Crippen molar-refractivity contribution in [3.05, 3.63) is 89.0 Å². The van der Waals surface area contributed by atoms with Crippen molar-refractivity contribution in [1.82, 2.24) is 4.90 Å². The van der Waals surface area contributed by atoms with Crippen molar-refractivity contribution in [2.45, 2.75) is 32.6 Å². The van der Waals surface area contributed by atoms with Gasteiger partial charge in [-0.2, -0.15) is 0 Å². The summed E-state index contributed by atoms with van der Waals surface area (Å²) >= 11 is 0. The largest absolute Gasteiger partial charge is 0.497 e. The minimum absolute atomic E-state index is 0.0842. The number of likely N-dealkylation sites (tertiary alicyclic amines) is 1. The molecule has 4 heteroatoms. The van der Waals surface area contributed by atoms with E-state index in [9.17, 15) is 4.79 Å². The Morgan fingerprint density at radius 1 is 0.912 bits per heavy atom. The van der Waals surface area contributed by atoms with Crippen molar-refractivity contribution < 1.29 is 9.53 Å². The van der Waals surface area contributed by atoms with Crippen LogP contribution < -0.4 is 10.1 Å². The average molecular weight is 453 g/mol. The second kappa shape index (κ2) is 9.86. The number of benzene rings is 3. The van der Waals surface area contributed by atoms with Gasteiger partial charge in [0.15, 0.2) is 0 Å². The fourth-order valence-electron chi connectivity index (χ4n) is 5.12. The number of nitrogens with zero attached hydrogens (tertiary/aromatic N) is 1. The summed E-state index contributed by atoms with van der Waals surface area (Å²) in [6, 6.07) is 22.0. The number of rotatable bonds is 6. The SMILES string of the molecule is COc1ccc(-c2ccc(C(=O)Nc3ccc4c(c3)CCC(CN3CCCC3)=C4C)cc2)cc1. The molecule has 0 spiro atoms. The molecule has 4 nitrogen and oxygen atoms in total. The molecule has 5 rings (SSSR count). The molecule has 1 heterocycles. The van der Waals surface area contributed by atoms with Crippen LogP contribution in [-0.2, 0) is 6.42 Å². The first-order valence-corrected chi connectivity index (χ1v) is 12.2. The predicted octanol–water partition coefficient (Wildman–Crippen LogP) is 6.43. The maximum absolute atomic E-state index is 12.9. The van der Waals surface area contributed by atoms with E-state index in [0.717, 1.165) is 42.0 Å². The van der Waals surface area contributed by atoms with Gasteiger partial charge in [-0.25, -0.2) is 0 Å². The van der Waals surface area contributed by atoms with Crippen LogP contribution in [0.25, 0.3) is 16.7 Å². The molecule has 0 saturated carbocycles. The minimum atomic E-state index is -0.0842.